The molecule has 1 fully saturated rings. The lowest BCUT2D eigenvalue weighted by atomic mass is 9.72. The number of fused-ring (bicyclic) bond motifs is 1. The van der Waals surface area contributed by atoms with Gasteiger partial charge in [0.1, 0.15) is 5.84 Å². The van der Waals surface area contributed by atoms with E-state index in [1.807, 2.05) is 0 Å². The van der Waals surface area contributed by atoms with Crippen molar-refractivity contribution >= 4 is 5.84 Å². The zero-order valence-corrected chi connectivity index (χ0v) is 18.9. The van der Waals surface area contributed by atoms with Gasteiger partial charge in [-0.3, -0.25) is 4.99 Å². The number of amidine groups is 1. The highest BCUT2D eigenvalue weighted by Crippen LogP contribution is 2.42. The maximum Gasteiger partial charge on any atom is 0.128 e. The van der Waals surface area contributed by atoms with Gasteiger partial charge in [-0.15, -0.1) is 0 Å². The van der Waals surface area contributed by atoms with Crippen molar-refractivity contribution in [3.63, 3.8) is 0 Å². The Morgan fingerprint density at radius 2 is 2.03 bits per heavy atom. The maximum atomic E-state index is 6.56. The molecule has 0 saturated heterocycles. The number of ether oxygens (including phenoxy) is 1. The summed E-state index contributed by atoms with van der Waals surface area (Å²) >= 11 is 0. The monoisotopic (exact) mass is 430 g/mol. The summed E-state index contributed by atoms with van der Waals surface area (Å²) in [6.45, 7) is 2.39. The van der Waals surface area contributed by atoms with Gasteiger partial charge in [0.25, 0.3) is 0 Å². The molecule has 0 amide bonds. The van der Waals surface area contributed by atoms with Crippen molar-refractivity contribution in [3.8, 4) is 0 Å². The molecule has 1 aromatic rings. The minimum Gasteiger partial charge on any atom is -0.383 e. The third-order valence-electron chi connectivity index (χ3n) is 7.27. The highest BCUT2D eigenvalue weighted by atomic mass is 16.5. The van der Waals surface area contributed by atoms with E-state index in [1.165, 1.54) is 23.1 Å². The normalized spacial score (nSPS) is 27.7. The first kappa shape index (κ1) is 21.4. The fourth-order valence-corrected chi connectivity index (χ4v) is 5.21. The number of benzene rings is 1. The van der Waals surface area contributed by atoms with Gasteiger partial charge in [0.15, 0.2) is 0 Å². The van der Waals surface area contributed by atoms with Crippen LogP contribution in [0.25, 0.3) is 0 Å². The number of hydrogen-bond acceptors (Lipinski definition) is 5. The fourth-order valence-electron chi connectivity index (χ4n) is 5.21. The number of methoxy groups -OCH3 is 1. The fraction of sp³-hybridized carbons (Fsp3) is 0.444. The number of hydrogen-bond donors (Lipinski definition) is 2. The van der Waals surface area contributed by atoms with Gasteiger partial charge in [0.2, 0.25) is 0 Å². The van der Waals surface area contributed by atoms with Crippen molar-refractivity contribution in [1.29, 1.82) is 0 Å². The molecule has 3 atom stereocenters. The van der Waals surface area contributed by atoms with Crippen LogP contribution in [0.4, 0.5) is 0 Å². The molecular weight excluding hydrogens is 396 g/mol. The molecular formula is C27H34N4O. The van der Waals surface area contributed by atoms with Gasteiger partial charge in [0.05, 0.1) is 18.7 Å². The Kier molecular flexibility index (Phi) is 6.13. The van der Waals surface area contributed by atoms with Crippen LogP contribution >= 0.6 is 0 Å². The topological polar surface area (TPSA) is 62.9 Å². The minimum atomic E-state index is -0.121. The van der Waals surface area contributed by atoms with Crippen molar-refractivity contribution in [2.75, 3.05) is 26.8 Å². The first-order valence-corrected chi connectivity index (χ1v) is 11.9. The van der Waals surface area contributed by atoms with Crippen LogP contribution < -0.4 is 11.1 Å². The highest BCUT2D eigenvalue weighted by molar-refractivity contribution is 5.97. The van der Waals surface area contributed by atoms with Crippen molar-refractivity contribution in [2.24, 2.45) is 16.6 Å². The first-order valence-electron chi connectivity index (χ1n) is 11.9. The molecule has 3 unspecified atom stereocenters. The summed E-state index contributed by atoms with van der Waals surface area (Å²) in [4.78, 5) is 7.59. The Hall–Kier alpha value is -2.47. The standard InChI is InChI=1S/C27H34N4O/c1-32-17-16-29-18-20-8-13-24-30-25(26(31(24)19-20)22-6-3-2-4-7-22)21-9-11-23(12-10-21)27(28)14-5-15-27/h2-4,6,8-13,19,22,25-26,29H,5,7,14-18,28H2,1H3. The van der Waals surface area contributed by atoms with Gasteiger partial charge in [-0.05, 0) is 48.5 Å². The number of nitrogens with zero attached hydrogens (tertiary/aromatic N) is 2. The van der Waals surface area contributed by atoms with Crippen LogP contribution in [0, 0.1) is 5.92 Å². The van der Waals surface area contributed by atoms with Crippen molar-refractivity contribution in [3.05, 3.63) is 83.6 Å². The zero-order chi connectivity index (χ0) is 22.0. The smallest absolute Gasteiger partial charge is 0.128 e. The molecule has 0 spiro atoms. The Bertz CT molecular complexity index is 968. The molecule has 4 aliphatic rings. The molecule has 0 aromatic heterocycles. The Morgan fingerprint density at radius 3 is 2.72 bits per heavy atom. The molecule has 5 nitrogen and oxygen atoms in total. The number of allylic oxidation sites excluding steroid dienone is 3. The third kappa shape index (κ3) is 4.13. The largest absolute Gasteiger partial charge is 0.383 e. The quantitative estimate of drug-likeness (QED) is 0.613. The number of aliphatic imine (C=N–C) groups is 1. The SMILES string of the molecule is COCCNCC1=CN2C(=NC(c3ccc(C4(N)CCC4)cc3)C2C2C=CC=CC2)C=C1. The lowest BCUT2D eigenvalue weighted by Crippen LogP contribution is -2.43. The second-order valence-corrected chi connectivity index (χ2v) is 9.38. The number of nitrogens with one attached hydrogen (secondary N) is 1. The molecule has 5 rings (SSSR count). The summed E-state index contributed by atoms with van der Waals surface area (Å²) in [6, 6.07) is 9.35. The Labute approximate surface area is 191 Å². The molecule has 3 N–H and O–H groups in total. The van der Waals surface area contributed by atoms with E-state index >= 15 is 0 Å². The summed E-state index contributed by atoms with van der Waals surface area (Å²) in [5.74, 6) is 1.48. The molecule has 1 saturated carbocycles. The average Bonchev–Trinajstić information content (AvgIpc) is 3.20. The van der Waals surface area contributed by atoms with Gasteiger partial charge in [-0.2, -0.15) is 0 Å². The van der Waals surface area contributed by atoms with Crippen LogP contribution in [0.5, 0.6) is 0 Å². The number of nitrogens with two attached hydrogens (primary N) is 1. The highest BCUT2D eigenvalue weighted by Gasteiger charge is 2.41. The van der Waals surface area contributed by atoms with Crippen molar-refractivity contribution < 1.29 is 4.74 Å². The van der Waals surface area contributed by atoms with Crippen LogP contribution in [-0.4, -0.2) is 43.6 Å². The van der Waals surface area contributed by atoms with E-state index in [4.69, 9.17) is 15.5 Å². The molecule has 168 valence electrons. The van der Waals surface area contributed by atoms with Crippen molar-refractivity contribution in [2.45, 2.75) is 43.3 Å². The maximum absolute atomic E-state index is 6.56. The predicted octanol–water partition coefficient (Wildman–Crippen LogP) is 3.97. The van der Waals surface area contributed by atoms with Crippen LogP contribution in [0.2, 0.25) is 0 Å². The molecule has 32 heavy (non-hydrogen) atoms. The van der Waals surface area contributed by atoms with Gasteiger partial charge >= 0.3 is 0 Å². The predicted molar refractivity (Wildman–Crippen MR) is 130 cm³/mol. The second-order valence-electron chi connectivity index (χ2n) is 9.38. The first-order chi connectivity index (χ1) is 15.7. The van der Waals surface area contributed by atoms with E-state index in [0.29, 0.717) is 5.92 Å². The van der Waals surface area contributed by atoms with Gasteiger partial charge in [-0.1, -0.05) is 54.6 Å². The Balaban J connectivity index is 1.39. The van der Waals surface area contributed by atoms with E-state index in [-0.39, 0.29) is 17.6 Å². The van der Waals surface area contributed by atoms with Crippen LogP contribution in [0.1, 0.15) is 42.9 Å². The summed E-state index contributed by atoms with van der Waals surface area (Å²) in [5, 5.41) is 3.46. The second kappa shape index (κ2) is 9.18. The van der Waals surface area contributed by atoms with Crippen LogP contribution in [-0.2, 0) is 10.3 Å². The van der Waals surface area contributed by atoms with E-state index < -0.39 is 0 Å². The summed E-state index contributed by atoms with van der Waals surface area (Å²) in [7, 11) is 1.73. The van der Waals surface area contributed by atoms with Crippen molar-refractivity contribution in [1.82, 2.24) is 10.2 Å². The summed E-state index contributed by atoms with van der Waals surface area (Å²) < 4.78 is 5.15. The molecule has 2 aliphatic heterocycles. The summed E-state index contributed by atoms with van der Waals surface area (Å²) in [6.07, 6.45) is 20.0. The van der Waals surface area contributed by atoms with Gasteiger partial charge in [-0.25, -0.2) is 0 Å². The van der Waals surface area contributed by atoms with E-state index in [2.05, 4.69) is 77.1 Å². The molecule has 2 heterocycles. The average molecular weight is 431 g/mol. The van der Waals surface area contributed by atoms with E-state index in [1.54, 1.807) is 7.11 Å². The summed E-state index contributed by atoms with van der Waals surface area (Å²) in [5.41, 5.74) is 10.2. The molecule has 1 aromatic carbocycles. The van der Waals surface area contributed by atoms with Gasteiger partial charge in [0, 0.05) is 37.9 Å². The van der Waals surface area contributed by atoms with E-state index in [0.717, 1.165) is 44.8 Å². The molecule has 0 radical (unpaired) electrons. The van der Waals surface area contributed by atoms with Gasteiger partial charge < -0.3 is 20.7 Å². The molecule has 5 heteroatoms. The molecule has 0 bridgehead atoms. The number of rotatable bonds is 8. The Morgan fingerprint density at radius 1 is 1.19 bits per heavy atom. The van der Waals surface area contributed by atoms with E-state index in [9.17, 15) is 0 Å². The zero-order valence-electron chi connectivity index (χ0n) is 18.9. The lowest BCUT2D eigenvalue weighted by molar-refractivity contribution is 0.200. The third-order valence-corrected chi connectivity index (χ3v) is 7.27. The lowest BCUT2D eigenvalue weighted by Gasteiger charge is -2.39. The van der Waals surface area contributed by atoms with Crippen LogP contribution in [0.3, 0.4) is 0 Å². The van der Waals surface area contributed by atoms with Crippen LogP contribution in [0.15, 0.2) is 77.5 Å². The molecule has 2 aliphatic carbocycles. The minimum absolute atomic E-state index is 0.108.